The average molecular weight is 796 g/mol. The maximum Gasteiger partial charge on any atom is 0.293 e. The summed E-state index contributed by atoms with van der Waals surface area (Å²) >= 11 is 0. The third-order valence-corrected chi connectivity index (χ3v) is 11.3. The van der Waals surface area contributed by atoms with E-state index in [2.05, 4.69) is 75.0 Å². The number of nitrogens with one attached hydrogen (secondary N) is 3. The Bertz CT molecular complexity index is 2530. The first kappa shape index (κ1) is 39.5. The van der Waals surface area contributed by atoms with Crippen LogP contribution in [0.4, 0.5) is 5.69 Å². The van der Waals surface area contributed by atoms with E-state index in [9.17, 15) is 14.4 Å². The molecule has 0 bridgehead atoms. The maximum absolute atomic E-state index is 12.9. The lowest BCUT2D eigenvalue weighted by molar-refractivity contribution is -0.134. The second kappa shape index (κ2) is 16.1. The van der Waals surface area contributed by atoms with Gasteiger partial charge in [0.15, 0.2) is 5.65 Å². The van der Waals surface area contributed by atoms with E-state index < -0.39 is 5.91 Å². The monoisotopic (exact) mass is 795 g/mol. The van der Waals surface area contributed by atoms with E-state index in [0.29, 0.717) is 24.4 Å². The quantitative estimate of drug-likeness (QED) is 0.143. The van der Waals surface area contributed by atoms with Crippen LogP contribution in [0.2, 0.25) is 0 Å². The summed E-state index contributed by atoms with van der Waals surface area (Å²) in [6.45, 7) is 16.4. The number of hydrogen-bond acceptors (Lipinski definition) is 12. The smallest absolute Gasteiger partial charge is 0.293 e. The largest absolute Gasteiger partial charge is 0.368 e. The Hall–Kier alpha value is -6.35. The molecule has 59 heavy (non-hydrogen) atoms. The maximum atomic E-state index is 12.9. The van der Waals surface area contributed by atoms with Crippen LogP contribution in [0.1, 0.15) is 97.0 Å². The lowest BCUT2D eigenvalue weighted by Crippen LogP contribution is -2.47. The van der Waals surface area contributed by atoms with Crippen molar-refractivity contribution in [2.75, 3.05) is 37.6 Å². The fourth-order valence-electron chi connectivity index (χ4n) is 7.89. The minimum Gasteiger partial charge on any atom is -0.368 e. The Morgan fingerprint density at radius 1 is 0.949 bits per heavy atom. The van der Waals surface area contributed by atoms with Crippen molar-refractivity contribution in [2.45, 2.75) is 78.2 Å². The highest BCUT2D eigenvalue weighted by Gasteiger charge is 2.30. The molecule has 8 rings (SSSR count). The number of rotatable bonds is 10. The number of aromatic amines is 1. The van der Waals surface area contributed by atoms with Gasteiger partial charge in [-0.3, -0.25) is 39.7 Å². The van der Waals surface area contributed by atoms with Crippen molar-refractivity contribution in [1.29, 1.82) is 0 Å². The highest BCUT2D eigenvalue weighted by Crippen LogP contribution is 2.32. The highest BCUT2D eigenvalue weighted by molar-refractivity contribution is 6.01. The van der Waals surface area contributed by atoms with Gasteiger partial charge in [0.05, 0.1) is 29.5 Å². The number of imide groups is 1. The summed E-state index contributed by atoms with van der Waals surface area (Å²) < 4.78 is 5.30. The number of hydrogen-bond donors (Lipinski definition) is 3. The van der Waals surface area contributed by atoms with E-state index >= 15 is 0 Å². The topological polar surface area (TPSA) is 188 Å². The summed E-state index contributed by atoms with van der Waals surface area (Å²) in [4.78, 5) is 60.2. The molecule has 2 saturated heterocycles. The molecular weight excluding hydrogens is 747 g/mol. The van der Waals surface area contributed by atoms with Crippen LogP contribution in [-0.4, -0.2) is 90.6 Å². The van der Waals surface area contributed by atoms with Gasteiger partial charge in [0.2, 0.25) is 17.7 Å². The molecular formula is C44H49N11O4. The molecule has 1 aromatic carbocycles. The zero-order valence-corrected chi connectivity index (χ0v) is 34.3. The first-order valence-corrected chi connectivity index (χ1v) is 20.1. The molecule has 2 atom stereocenters. The normalized spacial score (nSPS) is 17.0. The predicted molar refractivity (Wildman–Crippen MR) is 223 cm³/mol. The molecule has 2 unspecified atom stereocenters. The van der Waals surface area contributed by atoms with Crippen LogP contribution in [0, 0.1) is 13.8 Å². The van der Waals surface area contributed by atoms with Gasteiger partial charge in [0, 0.05) is 85.6 Å². The zero-order chi connectivity index (χ0) is 41.4. The molecule has 15 nitrogen and oxygen atoms in total. The number of amides is 3. The summed E-state index contributed by atoms with van der Waals surface area (Å²) in [6, 6.07) is 14.1. The van der Waals surface area contributed by atoms with Crippen molar-refractivity contribution in [3.05, 3.63) is 101 Å². The van der Waals surface area contributed by atoms with Crippen LogP contribution in [0.3, 0.4) is 0 Å². The minimum atomic E-state index is -0.393. The number of aryl methyl sites for hydroxylation is 2. The summed E-state index contributed by atoms with van der Waals surface area (Å²) in [7, 11) is 0. The molecule has 0 saturated carbocycles. The van der Waals surface area contributed by atoms with Crippen molar-refractivity contribution in [1.82, 2.24) is 50.8 Å². The van der Waals surface area contributed by atoms with Crippen LogP contribution in [-0.2, 0) is 21.4 Å². The molecule has 3 amide bonds. The average Bonchev–Trinajstić information content (AvgIpc) is 3.90. The van der Waals surface area contributed by atoms with Crippen LogP contribution in [0.5, 0.6) is 0 Å². The van der Waals surface area contributed by atoms with E-state index in [1.165, 1.54) is 0 Å². The van der Waals surface area contributed by atoms with Gasteiger partial charge in [-0.15, -0.1) is 0 Å². The number of fused-ring (bicyclic) bond motifs is 1. The second-order valence-electron chi connectivity index (χ2n) is 16.6. The number of nitrogens with zero attached hydrogens (tertiary/aromatic N) is 8. The first-order chi connectivity index (χ1) is 28.3. The second-order valence-corrected chi connectivity index (χ2v) is 16.6. The number of pyridine rings is 3. The lowest BCUT2D eigenvalue weighted by atomic mass is 9.88. The van der Waals surface area contributed by atoms with Crippen LogP contribution >= 0.6 is 0 Å². The van der Waals surface area contributed by atoms with E-state index in [1.54, 1.807) is 0 Å². The molecule has 15 heteroatoms. The Morgan fingerprint density at radius 2 is 1.76 bits per heavy atom. The number of carbonyl (C=O) groups excluding carboxylic acids is 3. The van der Waals surface area contributed by atoms with Gasteiger partial charge in [0.25, 0.3) is 11.7 Å². The lowest BCUT2D eigenvalue weighted by Gasteiger charge is -2.36. The van der Waals surface area contributed by atoms with E-state index in [0.717, 1.165) is 101 Å². The molecule has 7 heterocycles. The summed E-state index contributed by atoms with van der Waals surface area (Å²) in [5, 5.41) is 17.9. The van der Waals surface area contributed by atoms with Gasteiger partial charge in [0.1, 0.15) is 5.69 Å². The first-order valence-electron chi connectivity index (χ1n) is 20.1. The number of H-pyrrole nitrogens is 1. The number of benzene rings is 1. The third kappa shape index (κ3) is 8.46. The minimum absolute atomic E-state index is 0.0141. The van der Waals surface area contributed by atoms with Gasteiger partial charge >= 0.3 is 0 Å². The van der Waals surface area contributed by atoms with Crippen molar-refractivity contribution in [3.8, 4) is 22.5 Å². The summed E-state index contributed by atoms with van der Waals surface area (Å²) in [5.74, 6) is -0.719. The summed E-state index contributed by atoms with van der Waals surface area (Å²) in [5.41, 5.74) is 9.78. The molecule has 2 fully saturated rings. The van der Waals surface area contributed by atoms with Gasteiger partial charge in [-0.05, 0) is 79.8 Å². The van der Waals surface area contributed by atoms with E-state index in [-0.39, 0.29) is 35.0 Å². The van der Waals surface area contributed by atoms with Gasteiger partial charge in [-0.2, -0.15) is 10.1 Å². The van der Waals surface area contributed by atoms with Gasteiger partial charge < -0.3 is 14.7 Å². The summed E-state index contributed by atoms with van der Waals surface area (Å²) in [6.07, 6.45) is 7.29. The Kier molecular flexibility index (Phi) is 10.8. The fraction of sp³-hybridized carbons (Fsp3) is 0.386. The van der Waals surface area contributed by atoms with Crippen molar-refractivity contribution >= 4 is 34.4 Å². The predicted octanol–water partition coefficient (Wildman–Crippen LogP) is 5.76. The molecule has 304 valence electrons. The molecule has 0 radical (unpaired) electrons. The number of piperidine rings is 1. The number of piperazine rings is 1. The highest BCUT2D eigenvalue weighted by atomic mass is 16.5. The van der Waals surface area contributed by atoms with Crippen molar-refractivity contribution < 1.29 is 18.9 Å². The van der Waals surface area contributed by atoms with Crippen molar-refractivity contribution in [3.63, 3.8) is 0 Å². The zero-order valence-electron chi connectivity index (χ0n) is 34.3. The van der Waals surface area contributed by atoms with Crippen LogP contribution < -0.4 is 15.5 Å². The Labute approximate surface area is 342 Å². The van der Waals surface area contributed by atoms with Gasteiger partial charge in [-0.1, -0.05) is 38.1 Å². The standard InChI is InChI=1S/C44H49N11O4/c1-25-19-28(7-9-32(25)27(3)48-42(58)40-50-43(59-53-40)44(4,5)6)38-34-21-29(22-47-39(34)52-51-38)36-11-8-31(23-46-36)55-17-15-54(16-18-55)14-13-30-20-26(2)35(24-45-30)33-10-12-37(56)49-41(33)57/h7-9,11,19-24,27,33H,10,12-18H2,1-6H3,(H,48,58)(H,47,51,52)(H,49,56,57). The molecule has 2 aliphatic heterocycles. The molecule has 5 aromatic heterocycles. The SMILES string of the molecule is Cc1cc(-c2n[nH]c3ncc(-c4ccc(N5CCN(CCc6cc(C)c(C7CCC(=O)NC7=O)cn6)CC5)cn4)cc23)ccc1C(C)NC(=O)c1noc(C(C)(C)C)n1. The number of anilines is 1. The van der Waals surface area contributed by atoms with Crippen LogP contribution in [0.15, 0.2) is 65.6 Å². The number of carbonyl (C=O) groups is 3. The van der Waals surface area contributed by atoms with E-state index in [4.69, 9.17) is 9.51 Å². The van der Waals surface area contributed by atoms with Crippen LogP contribution in [0.25, 0.3) is 33.5 Å². The van der Waals surface area contributed by atoms with E-state index in [1.807, 2.05) is 78.3 Å². The molecule has 6 aromatic rings. The molecule has 2 aliphatic rings. The van der Waals surface area contributed by atoms with Gasteiger partial charge in [-0.25, -0.2) is 4.98 Å². The number of aromatic nitrogens is 7. The third-order valence-electron chi connectivity index (χ3n) is 11.3. The molecule has 0 aliphatic carbocycles. The Balaban J connectivity index is 0.870. The molecule has 0 spiro atoms. The van der Waals surface area contributed by atoms with Crippen molar-refractivity contribution in [2.24, 2.45) is 0 Å². The molecule has 3 N–H and O–H groups in total. The Morgan fingerprint density at radius 3 is 2.46 bits per heavy atom. The fourth-order valence-corrected chi connectivity index (χ4v) is 7.89.